The number of ether oxygens (including phenoxy) is 2. The predicted octanol–water partition coefficient (Wildman–Crippen LogP) is 3.92. The molecule has 0 aliphatic carbocycles. The minimum Gasteiger partial charge on any atom is -0.503 e. The van der Waals surface area contributed by atoms with E-state index in [4.69, 9.17) is 13.9 Å². The van der Waals surface area contributed by atoms with Gasteiger partial charge in [0.2, 0.25) is 5.78 Å². The molecule has 8 heteroatoms. The number of carbonyl (C=O) groups excluding carboxylic acids is 2. The molecule has 1 aromatic carbocycles. The van der Waals surface area contributed by atoms with E-state index in [2.05, 4.69) is 0 Å². The van der Waals surface area contributed by atoms with Crippen molar-refractivity contribution in [2.75, 3.05) is 40.9 Å². The molecule has 1 N–H and O–H groups in total. The summed E-state index contributed by atoms with van der Waals surface area (Å²) in [4.78, 5) is 29.9. The molecular formula is C25H32N2O6. The molecule has 3 rings (SSSR count). The van der Waals surface area contributed by atoms with E-state index in [1.54, 1.807) is 37.3 Å². The highest BCUT2D eigenvalue weighted by Crippen LogP contribution is 2.42. The number of aryl methyl sites for hydroxylation is 1. The van der Waals surface area contributed by atoms with Crippen LogP contribution in [0.2, 0.25) is 0 Å². The molecule has 0 saturated heterocycles. The minimum absolute atomic E-state index is 0.00322. The van der Waals surface area contributed by atoms with E-state index < -0.39 is 23.5 Å². The van der Waals surface area contributed by atoms with Crippen LogP contribution >= 0.6 is 0 Å². The summed E-state index contributed by atoms with van der Waals surface area (Å²) in [5.74, 6) is 0.0882. The Hall–Kier alpha value is -3.26. The van der Waals surface area contributed by atoms with Gasteiger partial charge in [-0.3, -0.25) is 9.59 Å². The molecule has 178 valence electrons. The van der Waals surface area contributed by atoms with E-state index in [1.807, 2.05) is 25.9 Å². The van der Waals surface area contributed by atoms with Gasteiger partial charge in [0.25, 0.3) is 5.91 Å². The summed E-state index contributed by atoms with van der Waals surface area (Å²) in [5.41, 5.74) is 0.646. The summed E-state index contributed by atoms with van der Waals surface area (Å²) in [6, 6.07) is 7.77. The number of Topliss-reactive ketones (excluding diaryl/α,β-unsaturated/α-hetero) is 1. The second-order valence-electron chi connectivity index (χ2n) is 8.32. The van der Waals surface area contributed by atoms with Gasteiger partial charge in [-0.2, -0.15) is 0 Å². The number of benzene rings is 1. The van der Waals surface area contributed by atoms with Crippen molar-refractivity contribution in [2.24, 2.45) is 0 Å². The van der Waals surface area contributed by atoms with Gasteiger partial charge < -0.3 is 28.8 Å². The van der Waals surface area contributed by atoms with Crippen molar-refractivity contribution < 1.29 is 28.6 Å². The van der Waals surface area contributed by atoms with Crippen molar-refractivity contribution in [1.29, 1.82) is 0 Å². The third kappa shape index (κ3) is 5.22. The van der Waals surface area contributed by atoms with Crippen LogP contribution in [-0.4, -0.2) is 67.5 Å². The van der Waals surface area contributed by atoms with Crippen molar-refractivity contribution >= 4 is 11.7 Å². The average Bonchev–Trinajstić information content (AvgIpc) is 3.33. The van der Waals surface area contributed by atoms with E-state index in [0.717, 1.165) is 13.0 Å². The molecule has 2 aromatic rings. The number of carbonyl (C=O) groups is 2. The molecular weight excluding hydrogens is 424 g/mol. The fraction of sp³-hybridized carbons (Fsp3) is 0.440. The Morgan fingerprint density at radius 1 is 1.21 bits per heavy atom. The van der Waals surface area contributed by atoms with Gasteiger partial charge in [0.1, 0.15) is 5.76 Å². The number of furan rings is 1. The summed E-state index contributed by atoms with van der Waals surface area (Å²) in [6.45, 7) is 5.41. The van der Waals surface area contributed by atoms with Gasteiger partial charge in [0, 0.05) is 6.54 Å². The van der Waals surface area contributed by atoms with Crippen molar-refractivity contribution in [2.45, 2.75) is 32.7 Å². The number of nitrogens with zero attached hydrogens (tertiary/aromatic N) is 2. The first-order valence-electron chi connectivity index (χ1n) is 11.1. The van der Waals surface area contributed by atoms with Crippen LogP contribution in [0.25, 0.3) is 0 Å². The molecule has 0 saturated carbocycles. The van der Waals surface area contributed by atoms with Crippen molar-refractivity contribution in [3.8, 4) is 11.5 Å². The number of rotatable bonds is 11. The van der Waals surface area contributed by atoms with Crippen LogP contribution in [0.1, 0.15) is 47.7 Å². The van der Waals surface area contributed by atoms with E-state index in [9.17, 15) is 14.7 Å². The number of amides is 1. The third-order valence-electron chi connectivity index (χ3n) is 5.48. The topological polar surface area (TPSA) is 92.5 Å². The van der Waals surface area contributed by atoms with Crippen LogP contribution in [0, 0.1) is 6.92 Å². The number of hydrogen-bond acceptors (Lipinski definition) is 7. The Kier molecular flexibility index (Phi) is 7.81. The van der Waals surface area contributed by atoms with Crippen LogP contribution in [0.4, 0.5) is 0 Å². The van der Waals surface area contributed by atoms with Gasteiger partial charge in [0.05, 0.1) is 25.3 Å². The maximum absolute atomic E-state index is 13.3. The molecule has 1 aliphatic rings. The number of aliphatic hydroxyl groups excluding tert-OH is 1. The second kappa shape index (κ2) is 10.6. The zero-order chi connectivity index (χ0) is 24.1. The molecule has 0 unspecified atom stereocenters. The lowest BCUT2D eigenvalue weighted by Gasteiger charge is -2.27. The maximum atomic E-state index is 13.3. The highest BCUT2D eigenvalue weighted by atomic mass is 16.5. The number of hydrogen-bond donors (Lipinski definition) is 1. The monoisotopic (exact) mass is 456 g/mol. The fourth-order valence-electron chi connectivity index (χ4n) is 3.89. The summed E-state index contributed by atoms with van der Waals surface area (Å²) in [6.07, 6.45) is 1.53. The Labute approximate surface area is 194 Å². The first kappa shape index (κ1) is 24.4. The molecule has 2 heterocycles. The zero-order valence-electron chi connectivity index (χ0n) is 19.9. The second-order valence-corrected chi connectivity index (χ2v) is 8.32. The summed E-state index contributed by atoms with van der Waals surface area (Å²) < 4.78 is 16.8. The van der Waals surface area contributed by atoms with E-state index in [1.165, 1.54) is 12.0 Å². The first-order chi connectivity index (χ1) is 15.8. The van der Waals surface area contributed by atoms with Gasteiger partial charge in [-0.25, -0.2) is 0 Å². The van der Waals surface area contributed by atoms with Crippen LogP contribution in [0.3, 0.4) is 0 Å². The quantitative estimate of drug-likeness (QED) is 0.513. The predicted molar refractivity (Wildman–Crippen MR) is 124 cm³/mol. The van der Waals surface area contributed by atoms with Crippen LogP contribution in [-0.2, 0) is 4.79 Å². The lowest BCUT2D eigenvalue weighted by atomic mass is 9.94. The highest BCUT2D eigenvalue weighted by molar-refractivity contribution is 6.15. The Balaban J connectivity index is 2.04. The van der Waals surface area contributed by atoms with Crippen LogP contribution in [0.5, 0.6) is 11.5 Å². The van der Waals surface area contributed by atoms with Crippen molar-refractivity contribution in [3.63, 3.8) is 0 Å². The van der Waals surface area contributed by atoms with Gasteiger partial charge in [-0.1, -0.05) is 13.0 Å². The van der Waals surface area contributed by atoms with E-state index in [-0.39, 0.29) is 11.3 Å². The first-order valence-corrected chi connectivity index (χ1v) is 11.1. The zero-order valence-corrected chi connectivity index (χ0v) is 19.9. The van der Waals surface area contributed by atoms with Gasteiger partial charge in [-0.15, -0.1) is 0 Å². The van der Waals surface area contributed by atoms with Crippen LogP contribution in [0.15, 0.2) is 46.1 Å². The summed E-state index contributed by atoms with van der Waals surface area (Å²) in [7, 11) is 5.44. The SMILES string of the molecule is CCCOc1ccc([C@H]2C(C(=O)c3ccc(C)o3)=C(O)C(=O)N2CCCN(C)C)cc1OC. The maximum Gasteiger partial charge on any atom is 0.290 e. The third-order valence-corrected chi connectivity index (χ3v) is 5.48. The molecule has 1 aromatic heterocycles. The molecule has 1 atom stereocenters. The largest absolute Gasteiger partial charge is 0.503 e. The number of methoxy groups -OCH3 is 1. The van der Waals surface area contributed by atoms with Gasteiger partial charge in [0.15, 0.2) is 23.0 Å². The molecule has 1 amide bonds. The van der Waals surface area contributed by atoms with Crippen molar-refractivity contribution in [1.82, 2.24) is 9.80 Å². The minimum atomic E-state index is -0.772. The average molecular weight is 457 g/mol. The lowest BCUT2D eigenvalue weighted by Crippen LogP contribution is -2.33. The number of ketones is 1. The van der Waals surface area contributed by atoms with Gasteiger partial charge in [-0.05, 0) is 70.2 Å². The molecule has 0 spiro atoms. The van der Waals surface area contributed by atoms with Crippen molar-refractivity contribution in [3.05, 3.63) is 58.7 Å². The summed E-state index contributed by atoms with van der Waals surface area (Å²) >= 11 is 0. The standard InChI is InChI=1S/C25H32N2O6/c1-6-14-32-18-11-9-17(15-20(18)31-5)22-21(23(28)19-10-8-16(2)33-19)24(29)25(30)27(22)13-7-12-26(3)4/h8-11,15,22,29H,6-7,12-14H2,1-5H3/t22-/m0/s1. The Morgan fingerprint density at radius 2 is 1.97 bits per heavy atom. The molecule has 33 heavy (non-hydrogen) atoms. The van der Waals surface area contributed by atoms with Crippen LogP contribution < -0.4 is 9.47 Å². The highest BCUT2D eigenvalue weighted by Gasteiger charge is 2.44. The Bertz CT molecular complexity index is 1040. The summed E-state index contributed by atoms with van der Waals surface area (Å²) in [5, 5.41) is 10.8. The molecule has 0 radical (unpaired) electrons. The molecule has 0 bridgehead atoms. The molecule has 1 aliphatic heterocycles. The number of aliphatic hydroxyl groups is 1. The lowest BCUT2D eigenvalue weighted by molar-refractivity contribution is -0.129. The smallest absolute Gasteiger partial charge is 0.290 e. The Morgan fingerprint density at radius 3 is 2.58 bits per heavy atom. The molecule has 8 nitrogen and oxygen atoms in total. The fourth-order valence-corrected chi connectivity index (χ4v) is 3.89. The van der Waals surface area contributed by atoms with E-state index in [0.29, 0.717) is 42.4 Å². The molecule has 0 fully saturated rings. The van der Waals surface area contributed by atoms with Gasteiger partial charge >= 0.3 is 0 Å². The normalized spacial score (nSPS) is 16.1. The van der Waals surface area contributed by atoms with E-state index >= 15 is 0 Å².